The normalized spacial score (nSPS) is 18.0. The largest absolute Gasteiger partial charge is 0.416 e. The Labute approximate surface area is 106 Å². The molecule has 1 rings (SSSR count). The molecule has 1 heterocycles. The highest BCUT2D eigenvalue weighted by atomic mass is 32.2. The summed E-state index contributed by atoms with van der Waals surface area (Å²) in [6, 6.07) is 0. The van der Waals surface area contributed by atoms with Crippen molar-refractivity contribution in [1.82, 2.24) is 10.2 Å². The summed E-state index contributed by atoms with van der Waals surface area (Å²) in [5.41, 5.74) is 0. The molecule has 2 amide bonds. The first-order chi connectivity index (χ1) is 8.30. The number of carbonyl (C=O) groups excluding carboxylic acids is 2. The van der Waals surface area contributed by atoms with Crippen molar-refractivity contribution in [3.8, 4) is 0 Å². The van der Waals surface area contributed by atoms with Gasteiger partial charge in [0.2, 0.25) is 5.91 Å². The molecule has 0 aromatic heterocycles. The number of thioether (sulfide) groups is 1. The number of alkyl halides is 3. The van der Waals surface area contributed by atoms with E-state index in [9.17, 15) is 22.8 Å². The van der Waals surface area contributed by atoms with Crippen LogP contribution in [0.15, 0.2) is 0 Å². The van der Waals surface area contributed by atoms with Crippen molar-refractivity contribution in [3.05, 3.63) is 0 Å². The quantitative estimate of drug-likeness (QED) is 0.776. The fraction of sp³-hybridized carbons (Fsp3) is 0.778. The first-order valence-electron chi connectivity index (χ1n) is 5.24. The zero-order chi connectivity index (χ0) is 13.8. The maximum absolute atomic E-state index is 11.9. The minimum Gasteiger partial charge on any atom is -0.382 e. The van der Waals surface area contributed by atoms with E-state index in [0.29, 0.717) is 12.3 Å². The summed E-state index contributed by atoms with van der Waals surface area (Å²) in [5, 5.41) is 10.5. The maximum Gasteiger partial charge on any atom is 0.416 e. The second-order valence-corrected chi connectivity index (χ2v) is 4.76. The molecule has 1 fully saturated rings. The Morgan fingerprint density at radius 2 is 2.22 bits per heavy atom. The van der Waals surface area contributed by atoms with Gasteiger partial charge in [-0.3, -0.25) is 9.59 Å². The number of aliphatic hydroxyl groups is 1. The van der Waals surface area contributed by atoms with Crippen LogP contribution in [0, 0.1) is 0 Å². The Balaban J connectivity index is 2.20. The molecule has 18 heavy (non-hydrogen) atoms. The Bertz CT molecular complexity index is 325. The van der Waals surface area contributed by atoms with Gasteiger partial charge in [-0.25, -0.2) is 0 Å². The van der Waals surface area contributed by atoms with Crippen LogP contribution in [0.3, 0.4) is 0 Å². The summed E-state index contributed by atoms with van der Waals surface area (Å²) < 4.78 is 35.8. The van der Waals surface area contributed by atoms with E-state index in [1.54, 1.807) is 0 Å². The van der Waals surface area contributed by atoms with Gasteiger partial charge in [0.15, 0.2) is 6.10 Å². The fourth-order valence-electron chi connectivity index (χ4n) is 1.28. The van der Waals surface area contributed by atoms with Crippen molar-refractivity contribution in [2.24, 2.45) is 0 Å². The van der Waals surface area contributed by atoms with Crippen LogP contribution in [0.5, 0.6) is 0 Å². The van der Waals surface area contributed by atoms with Gasteiger partial charge >= 0.3 is 6.18 Å². The topological polar surface area (TPSA) is 69.6 Å². The molecular weight excluding hydrogens is 273 g/mol. The number of amides is 2. The predicted molar refractivity (Wildman–Crippen MR) is 59.1 cm³/mol. The third-order valence-corrected chi connectivity index (χ3v) is 3.22. The van der Waals surface area contributed by atoms with E-state index < -0.39 is 24.7 Å². The lowest BCUT2D eigenvalue weighted by Crippen LogP contribution is -2.41. The zero-order valence-corrected chi connectivity index (χ0v) is 10.2. The summed E-state index contributed by atoms with van der Waals surface area (Å²) in [6.45, 7) is -0.146. The number of hydrogen-bond donors (Lipinski definition) is 2. The SMILES string of the molecule is O=C(CCN1CCSC1=O)NCC(O)C(F)(F)F. The second-order valence-electron chi connectivity index (χ2n) is 3.71. The van der Waals surface area contributed by atoms with Crippen molar-refractivity contribution >= 4 is 22.9 Å². The van der Waals surface area contributed by atoms with E-state index in [1.165, 1.54) is 4.90 Å². The number of hydrogen-bond acceptors (Lipinski definition) is 4. The lowest BCUT2D eigenvalue weighted by molar-refractivity contribution is -0.201. The van der Waals surface area contributed by atoms with Crippen LogP contribution >= 0.6 is 11.8 Å². The Morgan fingerprint density at radius 3 is 2.72 bits per heavy atom. The molecule has 1 saturated heterocycles. The minimum absolute atomic E-state index is 0.0725. The summed E-state index contributed by atoms with van der Waals surface area (Å²) in [7, 11) is 0. The molecular formula is C9H13F3N2O3S. The Kier molecular flexibility index (Phi) is 5.27. The van der Waals surface area contributed by atoms with Gasteiger partial charge in [-0.2, -0.15) is 13.2 Å². The lowest BCUT2D eigenvalue weighted by Gasteiger charge is -2.16. The molecule has 1 unspecified atom stereocenters. The zero-order valence-electron chi connectivity index (χ0n) is 9.37. The van der Waals surface area contributed by atoms with Gasteiger partial charge in [0, 0.05) is 25.3 Å². The van der Waals surface area contributed by atoms with Gasteiger partial charge in [-0.1, -0.05) is 11.8 Å². The molecule has 0 spiro atoms. The van der Waals surface area contributed by atoms with Crippen molar-refractivity contribution < 1.29 is 27.9 Å². The highest BCUT2D eigenvalue weighted by molar-refractivity contribution is 8.13. The molecule has 0 aromatic carbocycles. The van der Waals surface area contributed by atoms with E-state index >= 15 is 0 Å². The van der Waals surface area contributed by atoms with Crippen LogP contribution in [0.25, 0.3) is 0 Å². The van der Waals surface area contributed by atoms with Gasteiger partial charge in [-0.05, 0) is 0 Å². The number of nitrogens with zero attached hydrogens (tertiary/aromatic N) is 1. The van der Waals surface area contributed by atoms with E-state index in [4.69, 9.17) is 5.11 Å². The van der Waals surface area contributed by atoms with Gasteiger partial charge < -0.3 is 15.3 Å². The fourth-order valence-corrected chi connectivity index (χ4v) is 2.13. The predicted octanol–water partition coefficient (Wildman–Crippen LogP) is 0.585. The molecule has 0 saturated carbocycles. The van der Waals surface area contributed by atoms with Crippen molar-refractivity contribution in [3.63, 3.8) is 0 Å². The number of rotatable bonds is 5. The summed E-state index contributed by atoms with van der Waals surface area (Å²) in [4.78, 5) is 23.8. The van der Waals surface area contributed by atoms with Crippen LogP contribution in [0.2, 0.25) is 0 Å². The van der Waals surface area contributed by atoms with Crippen LogP contribution in [0.1, 0.15) is 6.42 Å². The van der Waals surface area contributed by atoms with Crippen LogP contribution in [0.4, 0.5) is 18.0 Å². The number of carbonyl (C=O) groups is 2. The molecule has 0 radical (unpaired) electrons. The first kappa shape index (κ1) is 15.1. The second kappa shape index (κ2) is 6.28. The van der Waals surface area contributed by atoms with Gasteiger partial charge in [0.1, 0.15) is 0 Å². The summed E-state index contributed by atoms with van der Waals surface area (Å²) in [5.74, 6) is 0.0377. The molecule has 104 valence electrons. The number of halogens is 3. The highest BCUT2D eigenvalue weighted by Gasteiger charge is 2.38. The number of aliphatic hydroxyl groups excluding tert-OH is 1. The number of nitrogens with one attached hydrogen (secondary N) is 1. The van der Waals surface area contributed by atoms with Crippen molar-refractivity contribution in [2.45, 2.75) is 18.7 Å². The van der Waals surface area contributed by atoms with E-state index in [1.807, 2.05) is 5.32 Å². The van der Waals surface area contributed by atoms with E-state index in [2.05, 4.69) is 0 Å². The molecule has 1 atom stereocenters. The molecule has 0 aromatic rings. The first-order valence-corrected chi connectivity index (χ1v) is 6.22. The van der Waals surface area contributed by atoms with Crippen LogP contribution < -0.4 is 5.32 Å². The molecule has 1 aliphatic heterocycles. The standard InChI is InChI=1S/C9H13F3N2O3S/c10-9(11,12)6(15)5-13-7(16)1-2-14-3-4-18-8(14)17/h6,15H,1-5H2,(H,13,16). The summed E-state index contributed by atoms with van der Waals surface area (Å²) in [6.07, 6.45) is -7.38. The van der Waals surface area contributed by atoms with E-state index in [0.717, 1.165) is 11.8 Å². The molecule has 2 N–H and O–H groups in total. The van der Waals surface area contributed by atoms with Crippen molar-refractivity contribution in [2.75, 3.05) is 25.4 Å². The average Bonchev–Trinajstić information content (AvgIpc) is 2.67. The van der Waals surface area contributed by atoms with E-state index in [-0.39, 0.29) is 18.2 Å². The molecule has 9 heteroatoms. The van der Waals surface area contributed by atoms with Gasteiger partial charge in [-0.15, -0.1) is 0 Å². The van der Waals surface area contributed by atoms with Gasteiger partial charge in [0.25, 0.3) is 5.24 Å². The molecule has 5 nitrogen and oxygen atoms in total. The Hall–Kier alpha value is -0.960. The Morgan fingerprint density at radius 1 is 1.56 bits per heavy atom. The third-order valence-electron chi connectivity index (χ3n) is 2.32. The van der Waals surface area contributed by atoms with Crippen LogP contribution in [-0.4, -0.2) is 58.8 Å². The maximum atomic E-state index is 11.9. The lowest BCUT2D eigenvalue weighted by atomic mass is 10.3. The van der Waals surface area contributed by atoms with Crippen molar-refractivity contribution in [1.29, 1.82) is 0 Å². The molecule has 0 aliphatic carbocycles. The van der Waals surface area contributed by atoms with Crippen LogP contribution in [-0.2, 0) is 4.79 Å². The average molecular weight is 286 g/mol. The highest BCUT2D eigenvalue weighted by Crippen LogP contribution is 2.19. The molecule has 0 bridgehead atoms. The smallest absolute Gasteiger partial charge is 0.382 e. The third kappa shape index (κ3) is 4.73. The monoisotopic (exact) mass is 286 g/mol. The summed E-state index contributed by atoms with van der Waals surface area (Å²) >= 11 is 1.15. The minimum atomic E-state index is -4.74. The molecule has 1 aliphatic rings. The van der Waals surface area contributed by atoms with Gasteiger partial charge in [0.05, 0.1) is 6.54 Å².